The predicted octanol–water partition coefficient (Wildman–Crippen LogP) is 3.72. The fourth-order valence-electron chi connectivity index (χ4n) is 2.05. The summed E-state index contributed by atoms with van der Waals surface area (Å²) in [6, 6.07) is 4.22. The normalized spacial score (nSPS) is 12.1. The summed E-state index contributed by atoms with van der Waals surface area (Å²) in [5.41, 5.74) is 0.384. The molecule has 27 heavy (non-hydrogen) atoms. The second-order valence-electron chi connectivity index (χ2n) is 5.34. The maximum absolute atomic E-state index is 12.4. The highest BCUT2D eigenvalue weighted by atomic mass is 127. The van der Waals surface area contributed by atoms with Crippen molar-refractivity contribution in [1.82, 2.24) is 15.5 Å². The first-order valence-corrected chi connectivity index (χ1v) is 7.91. The number of hydrogen-bond acceptors (Lipinski definition) is 3. The Morgan fingerprint density at radius 1 is 1.30 bits per heavy atom. The molecule has 0 aromatic heterocycles. The molecule has 0 heterocycles. The Bertz CT molecular complexity index is 604. The van der Waals surface area contributed by atoms with E-state index < -0.39 is 19.3 Å². The number of nitrogens with zero attached hydrogens (tertiary/aromatic N) is 2. The van der Waals surface area contributed by atoms with Gasteiger partial charge in [-0.15, -0.1) is 24.0 Å². The number of nitrogens with one attached hydrogen (secondary N) is 2. The first-order chi connectivity index (χ1) is 12.1. The molecular weight excluding hydrogens is 510 g/mol. The molecule has 0 aliphatic heterocycles. The van der Waals surface area contributed by atoms with Gasteiger partial charge in [0.1, 0.15) is 5.75 Å². The zero-order chi connectivity index (χ0) is 19.7. The Labute approximate surface area is 176 Å². The van der Waals surface area contributed by atoms with E-state index in [2.05, 4.69) is 20.4 Å². The minimum absolute atomic E-state index is 0. The third-order valence-corrected chi connectivity index (χ3v) is 3.38. The molecule has 0 aliphatic rings. The number of hydrogen-bond donors (Lipinski definition) is 2. The van der Waals surface area contributed by atoms with Crippen molar-refractivity contribution in [3.05, 3.63) is 28.8 Å². The molecule has 1 aromatic carbocycles. The summed E-state index contributed by atoms with van der Waals surface area (Å²) in [6.45, 7) is -3.56. The number of rotatable bonds is 8. The van der Waals surface area contributed by atoms with Crippen LogP contribution in [-0.2, 0) is 6.54 Å². The minimum atomic E-state index is -4.26. The van der Waals surface area contributed by atoms with Gasteiger partial charge in [-0.2, -0.15) is 22.0 Å². The Kier molecular flexibility index (Phi) is 11.9. The lowest BCUT2D eigenvalue weighted by Crippen LogP contribution is -2.42. The zero-order valence-electron chi connectivity index (χ0n) is 14.6. The Morgan fingerprint density at radius 3 is 2.52 bits per heavy atom. The lowest BCUT2D eigenvalue weighted by molar-refractivity contribution is -0.142. The molecule has 0 fully saturated rings. The van der Waals surface area contributed by atoms with Crippen molar-refractivity contribution in [1.29, 1.82) is 0 Å². The van der Waals surface area contributed by atoms with Crippen molar-refractivity contribution in [3.63, 3.8) is 0 Å². The van der Waals surface area contributed by atoms with Gasteiger partial charge in [0.25, 0.3) is 0 Å². The number of ether oxygens (including phenoxy) is 1. The van der Waals surface area contributed by atoms with Crippen molar-refractivity contribution in [3.8, 4) is 5.75 Å². The van der Waals surface area contributed by atoms with Gasteiger partial charge < -0.3 is 15.4 Å². The molecule has 0 spiro atoms. The number of likely N-dealkylation sites (N-methyl/N-ethyl adjacent to an activating group) is 1. The first-order valence-electron chi connectivity index (χ1n) is 7.53. The molecular formula is C15H21ClF5IN4O. The van der Waals surface area contributed by atoms with E-state index in [4.69, 9.17) is 11.6 Å². The van der Waals surface area contributed by atoms with Gasteiger partial charge in [0, 0.05) is 37.3 Å². The Morgan fingerprint density at radius 2 is 1.96 bits per heavy atom. The highest BCUT2D eigenvalue weighted by Crippen LogP contribution is 2.24. The number of alkyl halides is 5. The molecule has 0 radical (unpaired) electrons. The van der Waals surface area contributed by atoms with Crippen molar-refractivity contribution in [2.75, 3.05) is 33.7 Å². The number of aliphatic imine (C=N–C) groups is 1. The van der Waals surface area contributed by atoms with Crippen LogP contribution < -0.4 is 15.4 Å². The summed E-state index contributed by atoms with van der Waals surface area (Å²) in [5.74, 6) is 0.269. The highest BCUT2D eigenvalue weighted by Gasteiger charge is 2.28. The highest BCUT2D eigenvalue weighted by molar-refractivity contribution is 14.0. The van der Waals surface area contributed by atoms with Gasteiger partial charge in [-0.05, 0) is 25.2 Å². The third-order valence-electron chi connectivity index (χ3n) is 3.14. The molecule has 0 atom stereocenters. The van der Waals surface area contributed by atoms with E-state index in [-0.39, 0.29) is 49.4 Å². The van der Waals surface area contributed by atoms with Gasteiger partial charge in [-0.25, -0.2) is 0 Å². The van der Waals surface area contributed by atoms with Gasteiger partial charge in [0.15, 0.2) is 5.96 Å². The van der Waals surface area contributed by atoms with Gasteiger partial charge in [0.05, 0.1) is 6.54 Å². The van der Waals surface area contributed by atoms with Crippen LogP contribution in [0.4, 0.5) is 22.0 Å². The molecule has 0 saturated carbocycles. The van der Waals surface area contributed by atoms with E-state index in [1.807, 2.05) is 0 Å². The van der Waals surface area contributed by atoms with Crippen LogP contribution in [0.25, 0.3) is 0 Å². The lowest BCUT2D eigenvalue weighted by atomic mass is 10.2. The van der Waals surface area contributed by atoms with Gasteiger partial charge in [-0.3, -0.25) is 9.89 Å². The molecule has 0 unspecified atom stereocenters. The smallest absolute Gasteiger partial charge is 0.401 e. The van der Waals surface area contributed by atoms with Crippen molar-refractivity contribution in [2.24, 2.45) is 4.99 Å². The summed E-state index contributed by atoms with van der Waals surface area (Å²) in [6.07, 6.45) is -4.26. The van der Waals surface area contributed by atoms with Crippen molar-refractivity contribution >= 4 is 41.5 Å². The molecule has 1 aromatic rings. The molecule has 0 aliphatic carbocycles. The first kappa shape index (κ1) is 25.9. The van der Waals surface area contributed by atoms with E-state index in [1.165, 1.54) is 32.3 Å². The Balaban J connectivity index is 0.00000676. The molecule has 0 amide bonds. The summed E-state index contributed by atoms with van der Waals surface area (Å²) in [4.78, 5) is 5.04. The largest absolute Gasteiger partial charge is 0.434 e. The summed E-state index contributed by atoms with van der Waals surface area (Å²) < 4.78 is 66.0. The average Bonchev–Trinajstić information content (AvgIpc) is 2.50. The van der Waals surface area contributed by atoms with Crippen molar-refractivity contribution in [2.45, 2.75) is 19.3 Å². The standard InChI is InChI=1S/C15H20ClF5N4O.HI/c1-22-14(23-5-6-25(2)9-15(19,20)21)24-8-10-7-11(16)3-4-12(10)26-13(17)18;/h3-4,7,13H,5-6,8-9H2,1-2H3,(H2,22,23,24);1H. The number of benzene rings is 1. The second kappa shape index (κ2) is 12.4. The van der Waals surface area contributed by atoms with Crippen LogP contribution in [0.5, 0.6) is 5.75 Å². The maximum Gasteiger partial charge on any atom is 0.401 e. The molecule has 2 N–H and O–H groups in total. The van der Waals surface area contributed by atoms with Gasteiger partial charge in [0.2, 0.25) is 0 Å². The van der Waals surface area contributed by atoms with Crippen LogP contribution in [0, 0.1) is 0 Å². The van der Waals surface area contributed by atoms with Crippen LogP contribution in [0.15, 0.2) is 23.2 Å². The molecule has 12 heteroatoms. The fourth-order valence-corrected chi connectivity index (χ4v) is 2.24. The van der Waals surface area contributed by atoms with Crippen LogP contribution in [0.3, 0.4) is 0 Å². The lowest BCUT2D eigenvalue weighted by Gasteiger charge is -2.19. The second-order valence-corrected chi connectivity index (χ2v) is 5.77. The average molecular weight is 531 g/mol. The molecule has 5 nitrogen and oxygen atoms in total. The maximum atomic E-state index is 12.4. The molecule has 1 rings (SSSR count). The summed E-state index contributed by atoms with van der Waals surface area (Å²) >= 11 is 5.86. The number of guanidine groups is 1. The zero-order valence-corrected chi connectivity index (χ0v) is 17.7. The summed E-state index contributed by atoms with van der Waals surface area (Å²) in [5, 5.41) is 6.05. The van der Waals surface area contributed by atoms with Crippen LogP contribution in [0.1, 0.15) is 5.56 Å². The van der Waals surface area contributed by atoms with E-state index in [0.29, 0.717) is 16.5 Å². The van der Waals surface area contributed by atoms with Crippen LogP contribution in [0.2, 0.25) is 5.02 Å². The fraction of sp³-hybridized carbons (Fsp3) is 0.533. The van der Waals surface area contributed by atoms with Crippen LogP contribution in [-0.4, -0.2) is 57.4 Å². The molecule has 0 bridgehead atoms. The van der Waals surface area contributed by atoms with Crippen molar-refractivity contribution < 1.29 is 26.7 Å². The monoisotopic (exact) mass is 530 g/mol. The molecule has 0 saturated heterocycles. The Hall–Kier alpha value is -1.08. The summed E-state index contributed by atoms with van der Waals surface area (Å²) in [7, 11) is 2.83. The predicted molar refractivity (Wildman–Crippen MR) is 105 cm³/mol. The minimum Gasteiger partial charge on any atom is -0.434 e. The third kappa shape index (κ3) is 11.4. The van der Waals surface area contributed by atoms with E-state index in [0.717, 1.165) is 4.90 Å². The van der Waals surface area contributed by atoms with Gasteiger partial charge >= 0.3 is 12.8 Å². The topological polar surface area (TPSA) is 48.9 Å². The van der Waals surface area contributed by atoms with E-state index in [9.17, 15) is 22.0 Å². The SMILES string of the molecule is CN=C(NCCN(C)CC(F)(F)F)NCc1cc(Cl)ccc1OC(F)F.I. The quantitative estimate of drug-likeness (QED) is 0.233. The van der Waals surface area contributed by atoms with E-state index in [1.54, 1.807) is 0 Å². The number of halogens is 7. The van der Waals surface area contributed by atoms with Crippen LogP contribution >= 0.6 is 35.6 Å². The molecule has 156 valence electrons. The van der Waals surface area contributed by atoms with E-state index >= 15 is 0 Å². The van der Waals surface area contributed by atoms with Gasteiger partial charge in [-0.1, -0.05) is 11.6 Å².